The molecule has 8 nitrogen and oxygen atoms in total. The van der Waals surface area contributed by atoms with E-state index in [4.69, 9.17) is 4.74 Å². The molecule has 0 aliphatic carbocycles. The summed E-state index contributed by atoms with van der Waals surface area (Å²) >= 11 is 0. The molecule has 0 spiro atoms. The fourth-order valence-electron chi connectivity index (χ4n) is 2.73. The molecule has 0 radical (unpaired) electrons. The molecule has 3 rings (SSSR count). The summed E-state index contributed by atoms with van der Waals surface area (Å²) in [5.74, 6) is 0.467. The number of pyridine rings is 1. The van der Waals surface area contributed by atoms with Crippen LogP contribution in [0.1, 0.15) is 24.5 Å². The minimum Gasteiger partial charge on any atom is -0.465 e. The highest BCUT2D eigenvalue weighted by Gasteiger charge is 2.23. The van der Waals surface area contributed by atoms with Gasteiger partial charge in [0.05, 0.1) is 43.4 Å². The number of anilines is 1. The first-order valence-electron chi connectivity index (χ1n) is 8.19. The molecule has 1 saturated heterocycles. The summed E-state index contributed by atoms with van der Waals surface area (Å²) in [5.41, 5.74) is 1.70. The average molecular weight is 343 g/mol. The van der Waals surface area contributed by atoms with Crippen molar-refractivity contribution in [2.75, 3.05) is 31.2 Å². The monoisotopic (exact) mass is 343 g/mol. The standard InChI is InChI=1S/C17H21N5O3/c1-13(16-18-5-2-6-19-16)22(17(23)24)12-14-3-4-15(11-20-14)21-7-9-25-10-8-21/h2-6,11,13H,7-10,12H2,1H3,(H,23,24)/t13-/m1/s1. The smallest absolute Gasteiger partial charge is 0.408 e. The van der Waals surface area contributed by atoms with Crippen molar-refractivity contribution in [2.24, 2.45) is 0 Å². The Morgan fingerprint density at radius 3 is 2.60 bits per heavy atom. The molecule has 8 heteroatoms. The highest BCUT2D eigenvalue weighted by atomic mass is 16.5. The van der Waals surface area contributed by atoms with Crippen molar-refractivity contribution in [3.8, 4) is 0 Å². The third-order valence-electron chi connectivity index (χ3n) is 4.19. The van der Waals surface area contributed by atoms with Gasteiger partial charge < -0.3 is 14.7 Å². The van der Waals surface area contributed by atoms with Gasteiger partial charge in [-0.25, -0.2) is 14.8 Å². The molecule has 0 bridgehead atoms. The van der Waals surface area contributed by atoms with Crippen molar-refractivity contribution < 1.29 is 14.6 Å². The summed E-state index contributed by atoms with van der Waals surface area (Å²) in [7, 11) is 0. The first-order chi connectivity index (χ1) is 12.1. The normalized spacial score (nSPS) is 15.6. The van der Waals surface area contributed by atoms with E-state index in [0.29, 0.717) is 24.7 Å². The van der Waals surface area contributed by atoms with Crippen LogP contribution in [-0.2, 0) is 11.3 Å². The average Bonchev–Trinajstić information content (AvgIpc) is 2.67. The van der Waals surface area contributed by atoms with E-state index in [1.54, 1.807) is 31.6 Å². The van der Waals surface area contributed by atoms with Gasteiger partial charge in [-0.05, 0) is 25.1 Å². The van der Waals surface area contributed by atoms with Gasteiger partial charge in [-0.2, -0.15) is 0 Å². The summed E-state index contributed by atoms with van der Waals surface area (Å²) in [4.78, 5) is 27.9. The Morgan fingerprint density at radius 1 is 1.28 bits per heavy atom. The second kappa shape index (κ2) is 7.89. The molecule has 3 heterocycles. The maximum absolute atomic E-state index is 11.7. The van der Waals surface area contributed by atoms with Crippen LogP contribution in [-0.4, -0.2) is 57.4 Å². The number of ether oxygens (including phenoxy) is 1. The van der Waals surface area contributed by atoms with E-state index < -0.39 is 12.1 Å². The Labute approximate surface area is 146 Å². The molecule has 25 heavy (non-hydrogen) atoms. The van der Waals surface area contributed by atoms with Crippen LogP contribution in [0.5, 0.6) is 0 Å². The van der Waals surface area contributed by atoms with Crippen molar-refractivity contribution in [3.63, 3.8) is 0 Å². The topological polar surface area (TPSA) is 91.7 Å². The number of carboxylic acid groups (broad SMARTS) is 1. The van der Waals surface area contributed by atoms with Crippen LogP contribution in [0, 0.1) is 0 Å². The van der Waals surface area contributed by atoms with Crippen LogP contribution in [0.15, 0.2) is 36.8 Å². The van der Waals surface area contributed by atoms with Gasteiger partial charge in [-0.3, -0.25) is 9.88 Å². The van der Waals surface area contributed by atoms with Crippen LogP contribution < -0.4 is 4.90 Å². The van der Waals surface area contributed by atoms with Gasteiger partial charge in [0.15, 0.2) is 5.82 Å². The molecule has 1 N–H and O–H groups in total. The summed E-state index contributed by atoms with van der Waals surface area (Å²) < 4.78 is 5.35. The van der Waals surface area contributed by atoms with Gasteiger partial charge in [-0.1, -0.05) is 0 Å². The van der Waals surface area contributed by atoms with E-state index in [1.165, 1.54) is 4.90 Å². The molecule has 1 fully saturated rings. The molecule has 0 saturated carbocycles. The number of amides is 1. The summed E-state index contributed by atoms with van der Waals surface area (Å²) in [5, 5.41) is 9.55. The van der Waals surface area contributed by atoms with Crippen LogP contribution in [0.2, 0.25) is 0 Å². The molecular weight excluding hydrogens is 322 g/mol. The zero-order valence-corrected chi connectivity index (χ0v) is 14.1. The Kier molecular flexibility index (Phi) is 5.39. The number of aromatic nitrogens is 3. The second-order valence-electron chi connectivity index (χ2n) is 5.80. The lowest BCUT2D eigenvalue weighted by Gasteiger charge is -2.29. The number of morpholine rings is 1. The Bertz CT molecular complexity index is 689. The molecule has 132 valence electrons. The lowest BCUT2D eigenvalue weighted by Crippen LogP contribution is -2.36. The first-order valence-corrected chi connectivity index (χ1v) is 8.19. The second-order valence-corrected chi connectivity index (χ2v) is 5.80. The predicted molar refractivity (Wildman–Crippen MR) is 91.3 cm³/mol. The van der Waals surface area contributed by atoms with Crippen molar-refractivity contribution in [2.45, 2.75) is 19.5 Å². The Hall–Kier alpha value is -2.74. The first kappa shape index (κ1) is 17.1. The van der Waals surface area contributed by atoms with Gasteiger partial charge in [0.2, 0.25) is 0 Å². The van der Waals surface area contributed by atoms with Gasteiger partial charge in [0, 0.05) is 25.5 Å². The highest BCUT2D eigenvalue weighted by Crippen LogP contribution is 2.20. The lowest BCUT2D eigenvalue weighted by atomic mass is 10.2. The van der Waals surface area contributed by atoms with Crippen LogP contribution in [0.3, 0.4) is 0 Å². The SMILES string of the molecule is C[C@H](c1ncccn1)N(Cc1ccc(N2CCOCC2)cn1)C(=O)O. The van der Waals surface area contributed by atoms with E-state index in [2.05, 4.69) is 19.9 Å². The molecule has 2 aromatic heterocycles. The zero-order chi connectivity index (χ0) is 17.6. The van der Waals surface area contributed by atoms with Crippen molar-refractivity contribution in [3.05, 3.63) is 48.3 Å². The number of nitrogens with zero attached hydrogens (tertiary/aromatic N) is 5. The fourth-order valence-corrected chi connectivity index (χ4v) is 2.73. The van der Waals surface area contributed by atoms with Crippen molar-refractivity contribution in [1.29, 1.82) is 0 Å². The largest absolute Gasteiger partial charge is 0.465 e. The molecule has 1 aliphatic heterocycles. The van der Waals surface area contributed by atoms with Crippen molar-refractivity contribution >= 4 is 11.8 Å². The van der Waals surface area contributed by atoms with Crippen LogP contribution in [0.4, 0.5) is 10.5 Å². The van der Waals surface area contributed by atoms with E-state index in [0.717, 1.165) is 18.8 Å². The van der Waals surface area contributed by atoms with Gasteiger partial charge in [0.1, 0.15) is 0 Å². The number of hydrogen-bond acceptors (Lipinski definition) is 6. The molecule has 1 aliphatic rings. The summed E-state index contributed by atoms with van der Waals surface area (Å²) in [6.45, 7) is 5.05. The fraction of sp³-hybridized carbons (Fsp3) is 0.412. The molecular formula is C17H21N5O3. The molecule has 0 unspecified atom stereocenters. The van der Waals surface area contributed by atoms with Crippen LogP contribution >= 0.6 is 0 Å². The number of rotatable bonds is 5. The minimum atomic E-state index is -1.03. The molecule has 1 atom stereocenters. The van der Waals surface area contributed by atoms with E-state index >= 15 is 0 Å². The van der Waals surface area contributed by atoms with Crippen molar-refractivity contribution in [1.82, 2.24) is 19.9 Å². The van der Waals surface area contributed by atoms with Gasteiger partial charge in [-0.15, -0.1) is 0 Å². The maximum Gasteiger partial charge on any atom is 0.408 e. The lowest BCUT2D eigenvalue weighted by molar-refractivity contribution is 0.121. The maximum atomic E-state index is 11.7. The third kappa shape index (κ3) is 4.21. The molecule has 2 aromatic rings. The third-order valence-corrected chi connectivity index (χ3v) is 4.19. The Balaban J connectivity index is 1.71. The summed E-state index contributed by atoms with van der Waals surface area (Å²) in [6.07, 6.45) is 3.96. The quantitative estimate of drug-likeness (QED) is 0.887. The molecule has 0 aromatic carbocycles. The highest BCUT2D eigenvalue weighted by molar-refractivity contribution is 5.65. The number of hydrogen-bond donors (Lipinski definition) is 1. The molecule has 1 amide bonds. The minimum absolute atomic E-state index is 0.179. The predicted octanol–water partition coefficient (Wildman–Crippen LogP) is 1.95. The zero-order valence-electron chi connectivity index (χ0n) is 14.1. The van der Waals surface area contributed by atoms with Gasteiger partial charge >= 0.3 is 6.09 Å². The van der Waals surface area contributed by atoms with Crippen LogP contribution in [0.25, 0.3) is 0 Å². The Morgan fingerprint density at radius 2 is 2.00 bits per heavy atom. The summed E-state index contributed by atoms with van der Waals surface area (Å²) in [6, 6.07) is 5.07. The number of carbonyl (C=O) groups is 1. The van der Waals surface area contributed by atoms with Gasteiger partial charge in [0.25, 0.3) is 0 Å². The van der Waals surface area contributed by atoms with E-state index in [9.17, 15) is 9.90 Å². The van der Waals surface area contributed by atoms with E-state index in [-0.39, 0.29) is 6.54 Å². The van der Waals surface area contributed by atoms with E-state index in [1.807, 2.05) is 12.1 Å².